The quantitative estimate of drug-likeness (QED) is 0.772. The molecule has 0 N–H and O–H groups in total. The van der Waals surface area contributed by atoms with Crippen LogP contribution >= 0.6 is 0 Å². The highest BCUT2D eigenvalue weighted by Crippen LogP contribution is 2.16. The molecule has 1 aliphatic rings. The lowest BCUT2D eigenvalue weighted by molar-refractivity contribution is -0.00772. The van der Waals surface area contributed by atoms with Crippen LogP contribution in [0.4, 0.5) is 8.78 Å². The minimum Gasteiger partial charge on any atom is -0.376 e. The predicted octanol–water partition coefficient (Wildman–Crippen LogP) is 2.73. The van der Waals surface area contributed by atoms with Crippen LogP contribution in [0.3, 0.4) is 0 Å². The van der Waals surface area contributed by atoms with Gasteiger partial charge in [-0.05, 0) is 31.9 Å². The summed E-state index contributed by atoms with van der Waals surface area (Å²) in [5.41, 5.74) is -0.152. The summed E-state index contributed by atoms with van der Waals surface area (Å²) >= 11 is 0. The molecule has 1 aromatic carbocycles. The van der Waals surface area contributed by atoms with Gasteiger partial charge in [0.1, 0.15) is 17.7 Å². The van der Waals surface area contributed by atoms with Crippen molar-refractivity contribution in [3.05, 3.63) is 35.4 Å². The number of halogens is 2. The van der Waals surface area contributed by atoms with Crippen LogP contribution in [-0.2, 0) is 9.47 Å². The van der Waals surface area contributed by atoms with Crippen LogP contribution in [0.25, 0.3) is 0 Å². The van der Waals surface area contributed by atoms with Gasteiger partial charge in [-0.1, -0.05) is 0 Å². The SMILES string of the molecule is CC(OCC1CCCO1)C(=O)c1ccc(F)cc1F. The minimum absolute atomic E-state index is 0.00770. The van der Waals surface area contributed by atoms with E-state index in [1.165, 1.54) is 0 Å². The van der Waals surface area contributed by atoms with Crippen molar-refractivity contribution in [2.24, 2.45) is 0 Å². The second kappa shape index (κ2) is 6.21. The Bertz CT molecular complexity index is 456. The largest absolute Gasteiger partial charge is 0.376 e. The van der Waals surface area contributed by atoms with E-state index in [2.05, 4.69) is 0 Å². The smallest absolute Gasteiger partial charge is 0.194 e. The molecular weight excluding hydrogens is 254 g/mol. The zero-order chi connectivity index (χ0) is 13.8. The maximum atomic E-state index is 13.5. The zero-order valence-corrected chi connectivity index (χ0v) is 10.7. The average molecular weight is 270 g/mol. The van der Waals surface area contributed by atoms with Crippen LogP contribution in [-0.4, -0.2) is 31.2 Å². The Kier molecular flexibility index (Phi) is 4.61. The lowest BCUT2D eigenvalue weighted by Crippen LogP contribution is -2.26. The summed E-state index contributed by atoms with van der Waals surface area (Å²) < 4.78 is 37.0. The van der Waals surface area contributed by atoms with Gasteiger partial charge in [0.25, 0.3) is 0 Å². The molecule has 1 saturated heterocycles. The van der Waals surface area contributed by atoms with Gasteiger partial charge >= 0.3 is 0 Å². The van der Waals surface area contributed by atoms with Crippen LogP contribution in [0.1, 0.15) is 30.1 Å². The first-order valence-corrected chi connectivity index (χ1v) is 6.30. The van der Waals surface area contributed by atoms with Gasteiger partial charge in [-0.3, -0.25) is 4.79 Å². The molecule has 0 aromatic heterocycles. The third-order valence-electron chi connectivity index (χ3n) is 3.12. The first kappa shape index (κ1) is 14.1. The maximum absolute atomic E-state index is 13.5. The van der Waals surface area contributed by atoms with Gasteiger partial charge in [0.2, 0.25) is 0 Å². The van der Waals surface area contributed by atoms with Crippen LogP contribution in [0, 0.1) is 11.6 Å². The Labute approximate surface area is 110 Å². The molecule has 2 atom stereocenters. The van der Waals surface area contributed by atoms with Crippen molar-refractivity contribution in [3.63, 3.8) is 0 Å². The number of ketones is 1. The van der Waals surface area contributed by atoms with Crippen molar-refractivity contribution in [1.82, 2.24) is 0 Å². The van der Waals surface area contributed by atoms with Crippen molar-refractivity contribution in [3.8, 4) is 0 Å². The lowest BCUT2D eigenvalue weighted by Gasteiger charge is -2.15. The predicted molar refractivity (Wildman–Crippen MR) is 65.1 cm³/mol. The second-order valence-electron chi connectivity index (χ2n) is 4.60. The highest BCUT2D eigenvalue weighted by molar-refractivity contribution is 5.99. The number of carbonyl (C=O) groups is 1. The number of hydrogen-bond donors (Lipinski definition) is 0. The summed E-state index contributed by atoms with van der Waals surface area (Å²) in [6, 6.07) is 2.89. The molecule has 1 aromatic rings. The fourth-order valence-corrected chi connectivity index (χ4v) is 2.01. The van der Waals surface area contributed by atoms with Crippen LogP contribution in [0.5, 0.6) is 0 Å². The topological polar surface area (TPSA) is 35.5 Å². The van der Waals surface area contributed by atoms with E-state index >= 15 is 0 Å². The molecule has 1 aliphatic heterocycles. The molecule has 1 fully saturated rings. The Hall–Kier alpha value is -1.33. The minimum atomic E-state index is -0.863. The van der Waals surface area contributed by atoms with E-state index in [9.17, 15) is 13.6 Å². The highest BCUT2D eigenvalue weighted by Gasteiger charge is 2.22. The number of rotatable bonds is 5. The van der Waals surface area contributed by atoms with Crippen molar-refractivity contribution in [1.29, 1.82) is 0 Å². The second-order valence-corrected chi connectivity index (χ2v) is 4.60. The molecule has 3 nitrogen and oxygen atoms in total. The van der Waals surface area contributed by atoms with Crippen LogP contribution in [0.2, 0.25) is 0 Å². The number of benzene rings is 1. The lowest BCUT2D eigenvalue weighted by atomic mass is 10.1. The van der Waals surface area contributed by atoms with E-state index in [1.807, 2.05) is 0 Å². The van der Waals surface area contributed by atoms with Crippen molar-refractivity contribution >= 4 is 5.78 Å². The Morgan fingerprint density at radius 2 is 2.32 bits per heavy atom. The Morgan fingerprint density at radius 3 is 2.95 bits per heavy atom. The van der Waals surface area contributed by atoms with Gasteiger partial charge in [-0.25, -0.2) is 8.78 Å². The highest BCUT2D eigenvalue weighted by atomic mass is 19.1. The first-order valence-electron chi connectivity index (χ1n) is 6.30. The summed E-state index contributed by atoms with van der Waals surface area (Å²) in [6.07, 6.45) is 1.13. The molecule has 0 amide bonds. The average Bonchev–Trinajstić information content (AvgIpc) is 2.88. The van der Waals surface area contributed by atoms with Gasteiger partial charge in [-0.15, -0.1) is 0 Å². The standard InChI is InChI=1S/C14H16F2O3/c1-9(19-8-11-3-2-6-18-11)14(17)12-5-4-10(15)7-13(12)16/h4-5,7,9,11H,2-3,6,8H2,1H3. The molecule has 0 bridgehead atoms. The molecule has 5 heteroatoms. The molecule has 104 valence electrons. The van der Waals surface area contributed by atoms with Crippen LogP contribution in [0.15, 0.2) is 18.2 Å². The van der Waals surface area contributed by atoms with E-state index in [-0.39, 0.29) is 11.7 Å². The van der Waals surface area contributed by atoms with E-state index in [4.69, 9.17) is 9.47 Å². The number of hydrogen-bond acceptors (Lipinski definition) is 3. The van der Waals surface area contributed by atoms with E-state index < -0.39 is 23.5 Å². The summed E-state index contributed by atoms with van der Waals surface area (Å²) in [4.78, 5) is 12.0. The fourth-order valence-electron chi connectivity index (χ4n) is 2.01. The van der Waals surface area contributed by atoms with E-state index in [0.29, 0.717) is 19.3 Å². The van der Waals surface area contributed by atoms with Crippen molar-refractivity contribution in [2.75, 3.05) is 13.2 Å². The molecular formula is C14H16F2O3. The van der Waals surface area contributed by atoms with Gasteiger partial charge in [0, 0.05) is 12.7 Å². The molecule has 0 aliphatic carbocycles. The van der Waals surface area contributed by atoms with Gasteiger partial charge < -0.3 is 9.47 Å². The van der Waals surface area contributed by atoms with Gasteiger partial charge in [0.05, 0.1) is 18.3 Å². The monoisotopic (exact) mass is 270 g/mol. The van der Waals surface area contributed by atoms with E-state index in [0.717, 1.165) is 25.0 Å². The molecule has 19 heavy (non-hydrogen) atoms. The zero-order valence-electron chi connectivity index (χ0n) is 10.7. The molecule has 2 unspecified atom stereocenters. The number of Topliss-reactive ketones (excluding diaryl/α,β-unsaturated/α-hetero) is 1. The third-order valence-corrected chi connectivity index (χ3v) is 3.12. The molecule has 0 saturated carbocycles. The van der Waals surface area contributed by atoms with E-state index in [1.54, 1.807) is 6.92 Å². The van der Waals surface area contributed by atoms with Crippen molar-refractivity contribution < 1.29 is 23.0 Å². The number of ether oxygens (including phenoxy) is 2. The molecule has 2 rings (SSSR count). The molecule has 1 heterocycles. The Balaban J connectivity index is 1.94. The first-order chi connectivity index (χ1) is 9.08. The maximum Gasteiger partial charge on any atom is 0.194 e. The van der Waals surface area contributed by atoms with Crippen molar-refractivity contribution in [2.45, 2.75) is 32.0 Å². The van der Waals surface area contributed by atoms with Gasteiger partial charge in [0.15, 0.2) is 5.78 Å². The number of carbonyl (C=O) groups excluding carboxylic acids is 1. The molecule has 0 spiro atoms. The summed E-state index contributed by atoms with van der Waals surface area (Å²) in [5.74, 6) is -2.06. The summed E-state index contributed by atoms with van der Waals surface area (Å²) in [5, 5.41) is 0. The molecule has 0 radical (unpaired) electrons. The van der Waals surface area contributed by atoms with Gasteiger partial charge in [-0.2, -0.15) is 0 Å². The summed E-state index contributed by atoms with van der Waals surface area (Å²) in [6.45, 7) is 2.58. The Morgan fingerprint density at radius 1 is 1.53 bits per heavy atom. The normalized spacial score (nSPS) is 20.5. The summed E-state index contributed by atoms with van der Waals surface area (Å²) in [7, 11) is 0. The fraction of sp³-hybridized carbons (Fsp3) is 0.500. The van der Waals surface area contributed by atoms with Crippen LogP contribution < -0.4 is 0 Å². The third kappa shape index (κ3) is 3.58.